The first-order valence-electron chi connectivity index (χ1n) is 6.63. The summed E-state index contributed by atoms with van der Waals surface area (Å²) in [7, 11) is 0. The summed E-state index contributed by atoms with van der Waals surface area (Å²) in [6, 6.07) is 6.31. The van der Waals surface area contributed by atoms with Gasteiger partial charge in [-0.3, -0.25) is 4.79 Å². The minimum atomic E-state index is -0.349. The van der Waals surface area contributed by atoms with Crippen molar-refractivity contribution >= 4 is 28.2 Å². The van der Waals surface area contributed by atoms with Gasteiger partial charge in [0.15, 0.2) is 5.13 Å². The summed E-state index contributed by atoms with van der Waals surface area (Å²) in [5.74, 6) is -0.511. The van der Waals surface area contributed by atoms with Crippen LogP contribution in [0.4, 0.5) is 15.3 Å². The molecule has 4 N–H and O–H groups in total. The minimum Gasteiger partial charge on any atom is -0.382 e. The van der Waals surface area contributed by atoms with Crippen LogP contribution in [0.15, 0.2) is 24.3 Å². The van der Waals surface area contributed by atoms with E-state index in [0.717, 1.165) is 13.0 Å². The molecule has 1 aromatic carbocycles. The predicted octanol–water partition coefficient (Wildman–Crippen LogP) is 2.62. The maximum atomic E-state index is 13.5. The van der Waals surface area contributed by atoms with Crippen LogP contribution in [0.5, 0.6) is 0 Å². The van der Waals surface area contributed by atoms with Crippen LogP contribution in [-0.4, -0.2) is 17.4 Å². The maximum absolute atomic E-state index is 13.5. The SMILES string of the molecule is CCCNc1nc(N)c(C(=O)NCc2ccccc2F)s1. The molecule has 112 valence electrons. The number of anilines is 2. The summed E-state index contributed by atoms with van der Waals surface area (Å²) >= 11 is 1.19. The zero-order valence-corrected chi connectivity index (χ0v) is 12.5. The highest BCUT2D eigenvalue weighted by Crippen LogP contribution is 2.24. The monoisotopic (exact) mass is 308 g/mol. The van der Waals surface area contributed by atoms with Crippen LogP contribution in [-0.2, 0) is 6.54 Å². The zero-order valence-electron chi connectivity index (χ0n) is 11.6. The molecule has 0 bridgehead atoms. The van der Waals surface area contributed by atoms with Crippen molar-refractivity contribution in [1.82, 2.24) is 10.3 Å². The van der Waals surface area contributed by atoms with Gasteiger partial charge in [-0.2, -0.15) is 0 Å². The molecular formula is C14H17FN4OS. The van der Waals surface area contributed by atoms with Crippen LogP contribution in [0.2, 0.25) is 0 Å². The minimum absolute atomic E-state index is 0.112. The molecule has 1 aromatic heterocycles. The van der Waals surface area contributed by atoms with Crippen molar-refractivity contribution in [2.24, 2.45) is 0 Å². The lowest BCUT2D eigenvalue weighted by Gasteiger charge is -2.05. The fourth-order valence-electron chi connectivity index (χ4n) is 1.70. The smallest absolute Gasteiger partial charge is 0.265 e. The van der Waals surface area contributed by atoms with E-state index in [4.69, 9.17) is 5.73 Å². The van der Waals surface area contributed by atoms with Crippen LogP contribution in [0, 0.1) is 5.82 Å². The number of aromatic nitrogens is 1. The lowest BCUT2D eigenvalue weighted by molar-refractivity contribution is 0.0955. The summed E-state index contributed by atoms with van der Waals surface area (Å²) in [6.45, 7) is 2.91. The van der Waals surface area contributed by atoms with Crippen molar-refractivity contribution in [1.29, 1.82) is 0 Å². The second-order valence-corrected chi connectivity index (χ2v) is 5.43. The van der Waals surface area contributed by atoms with Crippen molar-refractivity contribution in [3.63, 3.8) is 0 Å². The molecule has 7 heteroatoms. The average Bonchev–Trinajstić information content (AvgIpc) is 2.85. The average molecular weight is 308 g/mol. The molecular weight excluding hydrogens is 291 g/mol. The Kier molecular flexibility index (Phi) is 5.10. The van der Waals surface area contributed by atoms with E-state index in [0.29, 0.717) is 15.6 Å². The molecule has 0 spiro atoms. The quantitative estimate of drug-likeness (QED) is 0.766. The number of nitrogen functional groups attached to an aromatic ring is 1. The molecule has 0 saturated heterocycles. The topological polar surface area (TPSA) is 80.0 Å². The number of nitrogens with zero attached hydrogens (tertiary/aromatic N) is 1. The molecule has 0 unspecified atom stereocenters. The molecule has 1 amide bonds. The number of thiazole rings is 1. The first-order valence-corrected chi connectivity index (χ1v) is 7.45. The Morgan fingerprint density at radius 1 is 1.43 bits per heavy atom. The van der Waals surface area contributed by atoms with E-state index in [2.05, 4.69) is 15.6 Å². The van der Waals surface area contributed by atoms with E-state index < -0.39 is 0 Å². The van der Waals surface area contributed by atoms with E-state index in [1.165, 1.54) is 17.4 Å². The highest BCUT2D eigenvalue weighted by atomic mass is 32.1. The van der Waals surface area contributed by atoms with Gasteiger partial charge in [0.1, 0.15) is 16.5 Å². The maximum Gasteiger partial charge on any atom is 0.265 e. The summed E-state index contributed by atoms with van der Waals surface area (Å²) in [5.41, 5.74) is 6.17. The second-order valence-electron chi connectivity index (χ2n) is 4.43. The van der Waals surface area contributed by atoms with Gasteiger partial charge in [0.05, 0.1) is 0 Å². The van der Waals surface area contributed by atoms with Gasteiger partial charge in [-0.25, -0.2) is 9.37 Å². The number of halogens is 1. The summed E-state index contributed by atoms with van der Waals surface area (Å²) in [5, 5.41) is 6.35. The van der Waals surface area contributed by atoms with E-state index in [1.54, 1.807) is 18.2 Å². The predicted molar refractivity (Wildman–Crippen MR) is 82.9 cm³/mol. The van der Waals surface area contributed by atoms with Gasteiger partial charge in [-0.15, -0.1) is 0 Å². The number of nitrogens with two attached hydrogens (primary N) is 1. The molecule has 2 rings (SSSR count). The second kappa shape index (κ2) is 7.03. The Bertz CT molecular complexity index is 629. The van der Waals surface area contributed by atoms with Gasteiger partial charge in [-0.1, -0.05) is 36.5 Å². The lowest BCUT2D eigenvalue weighted by atomic mass is 10.2. The molecule has 0 atom stereocenters. The van der Waals surface area contributed by atoms with Crippen LogP contribution in [0.25, 0.3) is 0 Å². The Balaban J connectivity index is 2.00. The largest absolute Gasteiger partial charge is 0.382 e. The molecule has 0 aliphatic rings. The van der Waals surface area contributed by atoms with Crippen molar-refractivity contribution in [3.05, 3.63) is 40.5 Å². The van der Waals surface area contributed by atoms with E-state index in [9.17, 15) is 9.18 Å². The zero-order chi connectivity index (χ0) is 15.2. The lowest BCUT2D eigenvalue weighted by Crippen LogP contribution is -2.23. The Hall–Kier alpha value is -2.15. The van der Waals surface area contributed by atoms with E-state index in [-0.39, 0.29) is 24.1 Å². The third-order valence-corrected chi connectivity index (χ3v) is 3.81. The summed E-state index contributed by atoms with van der Waals surface area (Å²) in [6.07, 6.45) is 0.953. The molecule has 2 aromatic rings. The van der Waals surface area contributed by atoms with E-state index in [1.807, 2.05) is 6.92 Å². The number of carbonyl (C=O) groups is 1. The summed E-state index contributed by atoms with van der Waals surface area (Å²) in [4.78, 5) is 16.5. The Morgan fingerprint density at radius 2 is 2.19 bits per heavy atom. The Labute approximate surface area is 126 Å². The number of hydrogen-bond donors (Lipinski definition) is 3. The molecule has 0 fully saturated rings. The van der Waals surface area contributed by atoms with Gasteiger partial charge in [0, 0.05) is 18.7 Å². The first-order chi connectivity index (χ1) is 10.1. The molecule has 5 nitrogen and oxygen atoms in total. The van der Waals surface area contributed by atoms with Crippen molar-refractivity contribution in [2.45, 2.75) is 19.9 Å². The van der Waals surface area contributed by atoms with Gasteiger partial charge in [0.25, 0.3) is 5.91 Å². The number of benzene rings is 1. The first kappa shape index (κ1) is 15.2. The van der Waals surface area contributed by atoms with Gasteiger partial charge < -0.3 is 16.4 Å². The van der Waals surface area contributed by atoms with Gasteiger partial charge in [0.2, 0.25) is 0 Å². The highest BCUT2D eigenvalue weighted by Gasteiger charge is 2.16. The number of nitrogens with one attached hydrogen (secondary N) is 2. The number of hydrogen-bond acceptors (Lipinski definition) is 5. The van der Waals surface area contributed by atoms with Crippen LogP contribution < -0.4 is 16.4 Å². The molecule has 0 aliphatic heterocycles. The molecule has 1 heterocycles. The fraction of sp³-hybridized carbons (Fsp3) is 0.286. The van der Waals surface area contributed by atoms with E-state index >= 15 is 0 Å². The van der Waals surface area contributed by atoms with Crippen molar-refractivity contribution in [3.8, 4) is 0 Å². The molecule has 21 heavy (non-hydrogen) atoms. The molecule has 0 saturated carbocycles. The van der Waals surface area contributed by atoms with Crippen molar-refractivity contribution in [2.75, 3.05) is 17.6 Å². The third kappa shape index (κ3) is 3.91. The normalized spacial score (nSPS) is 10.4. The third-order valence-electron chi connectivity index (χ3n) is 2.78. The highest BCUT2D eigenvalue weighted by molar-refractivity contribution is 7.18. The number of amides is 1. The summed E-state index contributed by atoms with van der Waals surface area (Å²) < 4.78 is 13.5. The van der Waals surface area contributed by atoms with Gasteiger partial charge in [-0.05, 0) is 12.5 Å². The number of carbonyl (C=O) groups excluding carboxylic acids is 1. The Morgan fingerprint density at radius 3 is 2.90 bits per heavy atom. The standard InChI is InChI=1S/C14H17FN4OS/c1-2-7-17-14-19-12(16)11(21-14)13(20)18-8-9-5-3-4-6-10(9)15/h3-6H,2,7-8,16H2,1H3,(H,17,19)(H,18,20). The van der Waals surface area contributed by atoms with Crippen LogP contribution in [0.3, 0.4) is 0 Å². The molecule has 0 aliphatic carbocycles. The van der Waals surface area contributed by atoms with Crippen LogP contribution in [0.1, 0.15) is 28.6 Å². The van der Waals surface area contributed by atoms with Gasteiger partial charge >= 0.3 is 0 Å². The fourth-order valence-corrected chi connectivity index (χ4v) is 2.53. The van der Waals surface area contributed by atoms with Crippen LogP contribution >= 0.6 is 11.3 Å². The van der Waals surface area contributed by atoms with Crippen molar-refractivity contribution < 1.29 is 9.18 Å². The number of rotatable bonds is 6. The molecule has 0 radical (unpaired) electrons.